The van der Waals surface area contributed by atoms with Crippen LogP contribution in [0.25, 0.3) is 0 Å². The van der Waals surface area contributed by atoms with Gasteiger partial charge in [0.05, 0.1) is 26.3 Å². The molecule has 4 rings (SSSR count). The van der Waals surface area contributed by atoms with Crippen LogP contribution in [0.1, 0.15) is 27.8 Å². The van der Waals surface area contributed by atoms with Crippen LogP contribution >= 0.6 is 0 Å². The average Bonchev–Trinajstić information content (AvgIpc) is 2.98. The number of hydrogen-bond donors (Lipinski definition) is 1. The van der Waals surface area contributed by atoms with E-state index in [0.717, 1.165) is 33.7 Å². The largest absolute Gasteiger partial charge is 0.491 e. The minimum Gasteiger partial charge on any atom is -0.491 e. The summed E-state index contributed by atoms with van der Waals surface area (Å²) in [5.41, 5.74) is 6.27. The predicted octanol–water partition coefficient (Wildman–Crippen LogP) is 5.45. The second kappa shape index (κ2) is 9.67. The molecule has 0 atom stereocenters. The van der Waals surface area contributed by atoms with Gasteiger partial charge in [-0.2, -0.15) is 0 Å². The first-order valence-electron chi connectivity index (χ1n) is 10.6. The molecule has 3 aromatic rings. The number of amides is 2. The van der Waals surface area contributed by atoms with E-state index in [4.69, 9.17) is 9.47 Å². The highest BCUT2D eigenvalue weighted by molar-refractivity contribution is 5.90. The van der Waals surface area contributed by atoms with Crippen molar-refractivity contribution in [3.63, 3.8) is 0 Å². The molecule has 5 nitrogen and oxygen atoms in total. The topological polar surface area (TPSA) is 50.8 Å². The predicted molar refractivity (Wildman–Crippen MR) is 122 cm³/mol. The van der Waals surface area contributed by atoms with Crippen LogP contribution < -0.4 is 10.1 Å². The van der Waals surface area contributed by atoms with E-state index in [1.54, 1.807) is 4.90 Å². The molecule has 5 heteroatoms. The SMILES string of the molecule is Cc1ccc(NC(=O)N2CCOc3ccc(COCc4ccccc4)cc3C2)c(C)c1. The van der Waals surface area contributed by atoms with Crippen molar-refractivity contribution in [2.45, 2.75) is 33.6 Å². The molecule has 0 aromatic heterocycles. The Morgan fingerprint density at radius 3 is 2.61 bits per heavy atom. The second-order valence-electron chi connectivity index (χ2n) is 7.94. The summed E-state index contributed by atoms with van der Waals surface area (Å²) < 4.78 is 11.8. The van der Waals surface area contributed by atoms with Crippen molar-refractivity contribution in [1.29, 1.82) is 0 Å². The zero-order valence-corrected chi connectivity index (χ0v) is 18.1. The van der Waals surface area contributed by atoms with Crippen molar-refractivity contribution >= 4 is 11.7 Å². The molecule has 0 spiro atoms. The number of benzene rings is 3. The van der Waals surface area contributed by atoms with Gasteiger partial charge in [0.2, 0.25) is 0 Å². The maximum atomic E-state index is 12.9. The fourth-order valence-corrected chi connectivity index (χ4v) is 3.72. The number of nitrogens with zero attached hydrogens (tertiary/aromatic N) is 1. The highest BCUT2D eigenvalue weighted by Gasteiger charge is 2.20. The summed E-state index contributed by atoms with van der Waals surface area (Å²) in [7, 11) is 0. The Morgan fingerprint density at radius 2 is 1.81 bits per heavy atom. The van der Waals surface area contributed by atoms with Crippen LogP contribution in [-0.2, 0) is 24.5 Å². The van der Waals surface area contributed by atoms with Crippen LogP contribution in [-0.4, -0.2) is 24.1 Å². The lowest BCUT2D eigenvalue weighted by molar-refractivity contribution is 0.107. The molecule has 31 heavy (non-hydrogen) atoms. The van der Waals surface area contributed by atoms with Crippen molar-refractivity contribution in [1.82, 2.24) is 4.90 Å². The number of carbonyl (C=O) groups excluding carboxylic acids is 1. The van der Waals surface area contributed by atoms with E-state index in [0.29, 0.717) is 32.9 Å². The minimum absolute atomic E-state index is 0.117. The van der Waals surface area contributed by atoms with Gasteiger partial charge in [-0.3, -0.25) is 0 Å². The first-order chi connectivity index (χ1) is 15.1. The Morgan fingerprint density at radius 1 is 1.00 bits per heavy atom. The molecule has 0 fully saturated rings. The summed E-state index contributed by atoms with van der Waals surface area (Å²) in [5.74, 6) is 0.827. The number of carbonyl (C=O) groups is 1. The Kier molecular flexibility index (Phi) is 6.53. The van der Waals surface area contributed by atoms with Crippen molar-refractivity contribution < 1.29 is 14.3 Å². The van der Waals surface area contributed by atoms with Crippen LogP contribution in [0.2, 0.25) is 0 Å². The van der Waals surface area contributed by atoms with Gasteiger partial charge in [0.15, 0.2) is 0 Å². The highest BCUT2D eigenvalue weighted by Crippen LogP contribution is 2.26. The molecule has 1 aliphatic rings. The number of urea groups is 1. The van der Waals surface area contributed by atoms with Gasteiger partial charge in [-0.05, 0) is 48.7 Å². The summed E-state index contributed by atoms with van der Waals surface area (Å²) in [6, 6.07) is 22.1. The summed E-state index contributed by atoms with van der Waals surface area (Å²) in [4.78, 5) is 14.7. The summed E-state index contributed by atoms with van der Waals surface area (Å²) in [6.45, 7) is 6.63. The quantitative estimate of drug-likeness (QED) is 0.602. The molecule has 0 saturated carbocycles. The van der Waals surface area contributed by atoms with Gasteiger partial charge in [0, 0.05) is 11.3 Å². The van der Waals surface area contributed by atoms with Gasteiger partial charge >= 0.3 is 6.03 Å². The van der Waals surface area contributed by atoms with Gasteiger partial charge in [0.1, 0.15) is 12.4 Å². The number of hydrogen-bond acceptors (Lipinski definition) is 3. The smallest absolute Gasteiger partial charge is 0.322 e. The van der Waals surface area contributed by atoms with Crippen molar-refractivity contribution in [2.24, 2.45) is 0 Å². The highest BCUT2D eigenvalue weighted by atomic mass is 16.5. The fraction of sp³-hybridized carbons (Fsp3) is 0.269. The molecule has 2 amide bonds. The summed E-state index contributed by atoms with van der Waals surface area (Å²) in [6.07, 6.45) is 0. The molecule has 0 bridgehead atoms. The van der Waals surface area contributed by atoms with Crippen LogP contribution in [0.3, 0.4) is 0 Å². The molecular weight excluding hydrogens is 388 g/mol. The lowest BCUT2D eigenvalue weighted by atomic mass is 10.1. The van der Waals surface area contributed by atoms with Crippen LogP contribution in [0.15, 0.2) is 66.7 Å². The first-order valence-corrected chi connectivity index (χ1v) is 10.6. The molecule has 0 aliphatic carbocycles. The number of rotatable bonds is 5. The number of anilines is 1. The van der Waals surface area contributed by atoms with E-state index in [9.17, 15) is 4.79 Å². The lowest BCUT2D eigenvalue weighted by Crippen LogP contribution is -2.36. The van der Waals surface area contributed by atoms with E-state index < -0.39 is 0 Å². The number of aryl methyl sites for hydroxylation is 2. The number of nitrogens with one attached hydrogen (secondary N) is 1. The third-order valence-electron chi connectivity index (χ3n) is 5.40. The zero-order chi connectivity index (χ0) is 21.6. The standard InChI is InChI=1S/C26H28N2O3/c1-19-8-10-24(20(2)14-19)27-26(29)28-12-13-31-25-11-9-22(15-23(25)16-28)18-30-17-21-6-4-3-5-7-21/h3-11,14-15H,12-13,16-18H2,1-2H3,(H,27,29). The normalized spacial score (nSPS) is 13.2. The monoisotopic (exact) mass is 416 g/mol. The molecule has 160 valence electrons. The van der Waals surface area contributed by atoms with E-state index >= 15 is 0 Å². The molecule has 1 aliphatic heterocycles. The maximum absolute atomic E-state index is 12.9. The van der Waals surface area contributed by atoms with Gasteiger partial charge in [-0.25, -0.2) is 4.79 Å². The summed E-state index contributed by atoms with van der Waals surface area (Å²) in [5, 5.41) is 3.04. The Hall–Kier alpha value is -3.31. The Labute approximate surface area is 183 Å². The Bertz CT molecular complexity index is 1050. The molecule has 0 radical (unpaired) electrons. The van der Waals surface area contributed by atoms with E-state index in [1.807, 2.05) is 56.3 Å². The van der Waals surface area contributed by atoms with Gasteiger partial charge in [-0.1, -0.05) is 54.1 Å². The molecule has 0 unspecified atom stereocenters. The van der Waals surface area contributed by atoms with E-state index in [1.165, 1.54) is 5.56 Å². The average molecular weight is 417 g/mol. The van der Waals surface area contributed by atoms with Crippen LogP contribution in [0.4, 0.5) is 10.5 Å². The third kappa shape index (κ3) is 5.44. The molecular formula is C26H28N2O3. The van der Waals surface area contributed by atoms with E-state index in [2.05, 4.69) is 29.6 Å². The molecule has 1 N–H and O–H groups in total. The van der Waals surface area contributed by atoms with Crippen molar-refractivity contribution in [2.75, 3.05) is 18.5 Å². The maximum Gasteiger partial charge on any atom is 0.322 e. The number of ether oxygens (including phenoxy) is 2. The van der Waals surface area contributed by atoms with Crippen LogP contribution in [0, 0.1) is 13.8 Å². The molecule has 3 aromatic carbocycles. The Balaban J connectivity index is 1.41. The van der Waals surface area contributed by atoms with Gasteiger partial charge in [0.25, 0.3) is 0 Å². The van der Waals surface area contributed by atoms with Gasteiger partial charge in [-0.15, -0.1) is 0 Å². The minimum atomic E-state index is -0.117. The van der Waals surface area contributed by atoms with Crippen molar-refractivity contribution in [3.05, 3.63) is 94.5 Å². The first kappa shape index (κ1) is 20.9. The fourth-order valence-electron chi connectivity index (χ4n) is 3.72. The van der Waals surface area contributed by atoms with Gasteiger partial charge < -0.3 is 19.7 Å². The number of fused-ring (bicyclic) bond motifs is 1. The van der Waals surface area contributed by atoms with Crippen LogP contribution in [0.5, 0.6) is 5.75 Å². The second-order valence-corrected chi connectivity index (χ2v) is 7.94. The lowest BCUT2D eigenvalue weighted by Gasteiger charge is -2.21. The van der Waals surface area contributed by atoms with E-state index in [-0.39, 0.29) is 6.03 Å². The molecule has 1 heterocycles. The van der Waals surface area contributed by atoms with Crippen molar-refractivity contribution in [3.8, 4) is 5.75 Å². The third-order valence-corrected chi connectivity index (χ3v) is 5.40. The zero-order valence-electron chi connectivity index (χ0n) is 18.1. The molecule has 0 saturated heterocycles. The summed E-state index contributed by atoms with van der Waals surface area (Å²) >= 11 is 0.